The second-order valence-corrected chi connectivity index (χ2v) is 21.9. The van der Waals surface area contributed by atoms with Crippen LogP contribution in [-0.2, 0) is 17.6 Å². The predicted octanol–water partition coefficient (Wildman–Crippen LogP) is 8.21. The molecule has 2 atom stereocenters. The molecule has 2 saturated heterocycles. The van der Waals surface area contributed by atoms with E-state index < -0.39 is 20.7 Å². The molecule has 0 amide bonds. The number of aromatic nitrogens is 8. The van der Waals surface area contributed by atoms with Gasteiger partial charge >= 0.3 is 0 Å². The first-order chi connectivity index (χ1) is 31.2. The summed E-state index contributed by atoms with van der Waals surface area (Å²) in [4.78, 5) is 38.7. The molecule has 0 radical (unpaired) electrons. The molecule has 0 unspecified atom stereocenters. The summed E-state index contributed by atoms with van der Waals surface area (Å²) >= 11 is 0. The number of hydrogen-bond acceptors (Lipinski definition) is 16. The van der Waals surface area contributed by atoms with E-state index in [4.69, 9.17) is 9.53 Å². The lowest BCUT2D eigenvalue weighted by Crippen LogP contribution is -2.40. The molecule has 0 spiro atoms. The van der Waals surface area contributed by atoms with E-state index >= 15 is 0 Å². The van der Waals surface area contributed by atoms with Crippen LogP contribution in [0.15, 0.2) is 85.5 Å². The van der Waals surface area contributed by atoms with Crippen LogP contribution in [0.4, 0.5) is 43.4 Å². The molecule has 2 aliphatic rings. The Morgan fingerprint density at radius 3 is 1.52 bits per heavy atom. The lowest BCUT2D eigenvalue weighted by atomic mass is 10.2. The second-order valence-electron chi connectivity index (χ2n) is 17.1. The number of aliphatic hydroxyl groups is 1. The van der Waals surface area contributed by atoms with Crippen LogP contribution >= 0.6 is 0 Å². The van der Waals surface area contributed by atoms with Gasteiger partial charge in [-0.25, -0.2) is 38.7 Å². The molecule has 19 heteroatoms. The van der Waals surface area contributed by atoms with Gasteiger partial charge in [-0.3, -0.25) is 9.97 Å². The van der Waals surface area contributed by atoms with Crippen molar-refractivity contribution in [2.75, 3.05) is 46.6 Å². The van der Waals surface area contributed by atoms with E-state index in [9.17, 15) is 19.3 Å². The van der Waals surface area contributed by atoms with Crippen LogP contribution in [-0.4, -0.2) is 91.8 Å². The smallest absolute Gasteiger partial charge is 0.227 e. The molecule has 2 fully saturated rings. The number of nitrogens with one attached hydrogen (secondary N) is 2. The van der Waals surface area contributed by atoms with E-state index in [0.29, 0.717) is 90.0 Å². The number of rotatable bonds is 12. The van der Waals surface area contributed by atoms with Gasteiger partial charge in [-0.2, -0.15) is 10.5 Å². The third-order valence-corrected chi connectivity index (χ3v) is 15.9. The van der Waals surface area contributed by atoms with Crippen LogP contribution in [0.3, 0.4) is 0 Å². The topological polar surface area (TPSA) is 211 Å². The quantitative estimate of drug-likeness (QED) is 0.0988. The Balaban J connectivity index is 0.000000198. The zero-order chi connectivity index (χ0) is 46.1. The molecular weight excluding hydrogens is 847 g/mol. The van der Waals surface area contributed by atoms with Crippen molar-refractivity contribution in [2.24, 2.45) is 0 Å². The third-order valence-electron chi connectivity index (χ3n) is 11.4. The van der Waals surface area contributed by atoms with Gasteiger partial charge < -0.3 is 30.0 Å². The summed E-state index contributed by atoms with van der Waals surface area (Å²) in [5.74, 6) is 0.744. The molecule has 6 aromatic rings. The Hall–Kier alpha value is -7.06. The Labute approximate surface area is 377 Å². The lowest BCUT2D eigenvalue weighted by molar-refractivity contribution is 0.272. The summed E-state index contributed by atoms with van der Waals surface area (Å²) in [7, 11) is -1.84. The zero-order valence-electron chi connectivity index (χ0n) is 36.9. The standard InChI is InChI=1S/C26H32FN7OSi.C20H18FN7O/c1-26(2,3)36(4,5)35-17-20-7-6-19(15-30-20)31-25-29-12-10-22(33-25)21-8-9-24(23(14-28)32-21)34-13-11-18(27)16-34;21-13-6-8-28(11-13)19-4-3-16(26-18(19)9-22)17-5-7-23-20(27-17)25-14-1-2-15(12-29)24-10-14/h6-10,12,15,18H,11,13,16-17H2,1-5H3,(H,29,31,33);1-5,7,10,13,29H,6,8,11-12H2,(H,23,25,27)/t18-;13-/m00/s1. The van der Waals surface area contributed by atoms with E-state index in [1.807, 2.05) is 28.0 Å². The average molecular weight is 897 g/mol. The summed E-state index contributed by atoms with van der Waals surface area (Å²) in [6.45, 7) is 13.2. The van der Waals surface area contributed by atoms with Gasteiger partial charge in [-0.1, -0.05) is 20.8 Å². The van der Waals surface area contributed by atoms with E-state index in [2.05, 4.69) is 96.5 Å². The lowest BCUT2D eigenvalue weighted by Gasteiger charge is -2.36. The van der Waals surface area contributed by atoms with Gasteiger partial charge in [0.1, 0.15) is 24.5 Å². The number of anilines is 6. The highest BCUT2D eigenvalue weighted by Crippen LogP contribution is 2.37. The molecule has 65 heavy (non-hydrogen) atoms. The molecule has 2 aliphatic heterocycles. The fourth-order valence-corrected chi connectivity index (χ4v) is 7.71. The van der Waals surface area contributed by atoms with Crippen molar-refractivity contribution in [1.82, 2.24) is 39.9 Å². The summed E-state index contributed by atoms with van der Waals surface area (Å²) < 4.78 is 33.4. The van der Waals surface area contributed by atoms with Crippen molar-refractivity contribution >= 4 is 43.0 Å². The van der Waals surface area contributed by atoms with Crippen molar-refractivity contribution < 1.29 is 18.3 Å². The van der Waals surface area contributed by atoms with Gasteiger partial charge in [-0.15, -0.1) is 0 Å². The maximum atomic E-state index is 13.6. The molecule has 8 rings (SSSR count). The normalized spacial score (nSPS) is 16.0. The van der Waals surface area contributed by atoms with Crippen LogP contribution < -0.4 is 20.4 Å². The molecule has 0 aliphatic carbocycles. The highest BCUT2D eigenvalue weighted by Gasteiger charge is 2.37. The molecule has 6 aromatic heterocycles. The number of alkyl halides is 2. The fraction of sp³-hybridized carbons (Fsp3) is 0.348. The number of nitriles is 2. The van der Waals surface area contributed by atoms with E-state index in [1.165, 1.54) is 0 Å². The van der Waals surface area contributed by atoms with Gasteiger partial charge in [0.05, 0.1) is 82.5 Å². The molecule has 0 saturated carbocycles. The first-order valence-electron chi connectivity index (χ1n) is 21.2. The first kappa shape index (κ1) is 45.9. The summed E-state index contributed by atoms with van der Waals surface area (Å²) in [5, 5.41) is 34.5. The molecule has 3 N–H and O–H groups in total. The predicted molar refractivity (Wildman–Crippen MR) is 246 cm³/mol. The minimum absolute atomic E-state index is 0.126. The highest BCUT2D eigenvalue weighted by molar-refractivity contribution is 6.74. The van der Waals surface area contributed by atoms with Gasteiger partial charge in [0.25, 0.3) is 0 Å². The third kappa shape index (κ3) is 11.6. The zero-order valence-corrected chi connectivity index (χ0v) is 37.9. The highest BCUT2D eigenvalue weighted by atomic mass is 28.4. The number of halogens is 2. The number of hydrogen-bond donors (Lipinski definition) is 3. The Bertz CT molecular complexity index is 2670. The first-order valence-corrected chi connectivity index (χ1v) is 24.1. The number of aliphatic hydroxyl groups excluding tert-OH is 1. The van der Waals surface area contributed by atoms with Gasteiger partial charge in [0, 0.05) is 38.6 Å². The van der Waals surface area contributed by atoms with E-state index in [1.54, 1.807) is 67.3 Å². The average Bonchev–Trinajstić information content (AvgIpc) is 3.96. The van der Waals surface area contributed by atoms with Crippen LogP contribution in [0.5, 0.6) is 0 Å². The number of pyridine rings is 4. The minimum atomic E-state index is -1.84. The molecule has 0 bridgehead atoms. The fourth-order valence-electron chi connectivity index (χ4n) is 6.76. The van der Waals surface area contributed by atoms with Gasteiger partial charge in [0.2, 0.25) is 11.9 Å². The Kier molecular flexibility index (Phi) is 14.3. The van der Waals surface area contributed by atoms with Crippen molar-refractivity contribution in [2.45, 2.75) is 77.3 Å². The van der Waals surface area contributed by atoms with Crippen LogP contribution in [0.2, 0.25) is 18.1 Å². The van der Waals surface area contributed by atoms with Crippen molar-refractivity contribution in [3.8, 4) is 34.9 Å². The monoisotopic (exact) mass is 896 g/mol. The van der Waals surface area contributed by atoms with Gasteiger partial charge in [-0.05, 0) is 91.6 Å². The van der Waals surface area contributed by atoms with Crippen molar-refractivity contribution in [1.29, 1.82) is 10.5 Å². The molecule has 334 valence electrons. The molecule has 8 heterocycles. The summed E-state index contributed by atoms with van der Waals surface area (Å²) in [6, 6.07) is 22.2. The molecular formula is C46H50F2N14O2Si. The SMILES string of the molecule is CC(C)(C)[Si](C)(C)OCc1ccc(Nc2nccc(-c3ccc(N4CC[C@H](F)C4)c(C#N)n3)n2)cn1.N#Cc1nc(-c2ccnc(Nc3ccc(CO)nc3)n2)ccc1N1CC[C@H](F)C1. The minimum Gasteiger partial charge on any atom is -0.411 e. The van der Waals surface area contributed by atoms with Crippen molar-refractivity contribution in [3.63, 3.8) is 0 Å². The van der Waals surface area contributed by atoms with Crippen LogP contribution in [0.25, 0.3) is 22.8 Å². The Morgan fingerprint density at radius 1 is 0.677 bits per heavy atom. The van der Waals surface area contributed by atoms with E-state index in [0.717, 1.165) is 11.4 Å². The molecule has 0 aromatic carbocycles. The van der Waals surface area contributed by atoms with Gasteiger partial charge in [0.15, 0.2) is 19.7 Å². The summed E-state index contributed by atoms with van der Waals surface area (Å²) in [5.41, 5.74) is 6.85. The van der Waals surface area contributed by atoms with Crippen LogP contribution in [0, 0.1) is 22.7 Å². The second kappa shape index (κ2) is 20.2. The molecule has 16 nitrogen and oxygen atoms in total. The Morgan fingerprint density at radius 2 is 1.14 bits per heavy atom. The van der Waals surface area contributed by atoms with Crippen molar-refractivity contribution in [3.05, 3.63) is 108 Å². The largest absolute Gasteiger partial charge is 0.411 e. The maximum Gasteiger partial charge on any atom is 0.227 e. The number of nitrogens with zero attached hydrogens (tertiary/aromatic N) is 12. The van der Waals surface area contributed by atoms with Crippen LogP contribution in [0.1, 0.15) is 56.4 Å². The summed E-state index contributed by atoms with van der Waals surface area (Å²) in [6.07, 6.45) is 5.71. The maximum absolute atomic E-state index is 13.6. The van der Waals surface area contributed by atoms with E-state index in [-0.39, 0.29) is 36.1 Å².